The van der Waals surface area contributed by atoms with Crippen LogP contribution in [-0.4, -0.2) is 63.4 Å². The van der Waals surface area contributed by atoms with E-state index in [-0.39, 0.29) is 18.4 Å². The van der Waals surface area contributed by atoms with Gasteiger partial charge >= 0.3 is 0 Å². The minimum Gasteiger partial charge on any atom is -0.497 e. The van der Waals surface area contributed by atoms with Gasteiger partial charge in [0.25, 0.3) is 5.91 Å². The Labute approximate surface area is 229 Å². The Morgan fingerprint density at radius 2 is 1.89 bits per heavy atom. The second kappa shape index (κ2) is 8.86. The number of rotatable bonds is 4. The van der Waals surface area contributed by atoms with Crippen molar-refractivity contribution in [1.29, 1.82) is 0 Å². The van der Waals surface area contributed by atoms with Gasteiger partial charge in [0, 0.05) is 43.2 Å². The fourth-order valence-corrected chi connectivity index (χ4v) is 8.43. The zero-order valence-corrected chi connectivity index (χ0v) is 22.7. The number of methoxy groups -OCH3 is 1. The van der Waals surface area contributed by atoms with Gasteiger partial charge in [0.05, 0.1) is 13.7 Å². The van der Waals surface area contributed by atoms with E-state index in [1.165, 1.54) is 28.8 Å². The van der Waals surface area contributed by atoms with E-state index in [1.54, 1.807) is 37.5 Å². The van der Waals surface area contributed by atoms with E-state index in [2.05, 4.69) is 4.98 Å². The number of carbonyl (C=O) groups is 2. The molecule has 4 heterocycles. The number of likely N-dealkylation sites (N-methyl/N-ethyl adjacent to an activating group) is 2. The van der Waals surface area contributed by atoms with Crippen molar-refractivity contribution < 1.29 is 18.7 Å². The van der Waals surface area contributed by atoms with Crippen molar-refractivity contribution in [2.24, 2.45) is 0 Å². The smallest absolute Gasteiger partial charge is 0.254 e. The molecule has 2 amide bonds. The van der Waals surface area contributed by atoms with Crippen LogP contribution >= 0.6 is 24.0 Å². The lowest BCUT2D eigenvalue weighted by atomic mass is 9.72. The number of aromatic nitrogens is 1. The van der Waals surface area contributed by atoms with Gasteiger partial charge in [-0.15, -0.1) is 0 Å². The molecular weight excluding hydrogens is 523 g/mol. The maximum absolute atomic E-state index is 14.8. The molecule has 0 radical (unpaired) electrons. The van der Waals surface area contributed by atoms with Gasteiger partial charge < -0.3 is 9.64 Å². The zero-order valence-electron chi connectivity index (χ0n) is 21.1. The topological polar surface area (TPSA) is 66.0 Å². The largest absolute Gasteiger partial charge is 0.497 e. The molecular formula is C28H25FN4O3S2. The molecule has 2 fully saturated rings. The van der Waals surface area contributed by atoms with Crippen molar-refractivity contribution in [3.8, 4) is 5.75 Å². The lowest BCUT2D eigenvalue weighted by molar-refractivity contribution is -0.139. The average molecular weight is 549 g/mol. The van der Waals surface area contributed by atoms with E-state index in [1.807, 2.05) is 48.3 Å². The van der Waals surface area contributed by atoms with Crippen molar-refractivity contribution in [2.75, 3.05) is 32.6 Å². The van der Waals surface area contributed by atoms with Gasteiger partial charge in [-0.05, 0) is 54.6 Å². The maximum atomic E-state index is 14.8. The molecule has 0 N–H and O–H groups in total. The fourth-order valence-electron chi connectivity index (χ4n) is 6.30. The van der Waals surface area contributed by atoms with E-state index < -0.39 is 22.0 Å². The second-order valence-electron chi connectivity index (χ2n) is 9.80. The number of ether oxygens (including phenoxy) is 1. The average Bonchev–Trinajstić information content (AvgIpc) is 3.43. The molecule has 10 heteroatoms. The molecule has 0 unspecified atom stereocenters. The number of halogens is 1. The first-order valence-corrected chi connectivity index (χ1v) is 13.4. The monoisotopic (exact) mass is 548 g/mol. The molecule has 6 rings (SSSR count). The third-order valence-electron chi connectivity index (χ3n) is 8.00. The molecule has 38 heavy (non-hydrogen) atoms. The van der Waals surface area contributed by atoms with Gasteiger partial charge in [0.15, 0.2) is 5.54 Å². The number of hydrogen-bond acceptors (Lipinski definition) is 7. The number of nitrogens with zero attached hydrogens (tertiary/aromatic N) is 4. The Hall–Kier alpha value is -3.34. The van der Waals surface area contributed by atoms with Crippen LogP contribution in [0.25, 0.3) is 0 Å². The van der Waals surface area contributed by atoms with Gasteiger partial charge in [-0.3, -0.25) is 24.4 Å². The molecule has 0 saturated carbocycles. The fraction of sp³-hybridized carbons (Fsp3) is 0.286. The summed E-state index contributed by atoms with van der Waals surface area (Å²) in [4.78, 5) is 38.4. The molecule has 2 aromatic carbocycles. The van der Waals surface area contributed by atoms with Crippen LogP contribution in [0, 0.1) is 5.82 Å². The third-order valence-corrected chi connectivity index (χ3v) is 9.94. The molecule has 7 nitrogen and oxygen atoms in total. The number of hydrogen-bond donors (Lipinski definition) is 0. The molecule has 3 aromatic rings. The highest BCUT2D eigenvalue weighted by atomic mass is 32.2. The molecule has 0 aliphatic carbocycles. The van der Waals surface area contributed by atoms with Crippen LogP contribution in [0.3, 0.4) is 0 Å². The summed E-state index contributed by atoms with van der Waals surface area (Å²) in [5.41, 5.74) is 1.31. The maximum Gasteiger partial charge on any atom is 0.254 e. The Bertz CT molecular complexity index is 1470. The highest BCUT2D eigenvalue weighted by Crippen LogP contribution is 2.66. The Balaban J connectivity index is 1.56. The van der Waals surface area contributed by atoms with Crippen molar-refractivity contribution >= 4 is 45.8 Å². The number of benzene rings is 2. The standard InChI is InChI=1S/C28H25FN4O3S2/c1-31-16-22(18-5-4-12-30-14-18)28(27(31)21-13-19(29)8-11-23(21)32(2)24(27)34)25(35)33(26(37)38-28)15-17-6-9-20(36-3)10-7-17/h4-14,22H,15-16H2,1-3H3/t22-,27-,28+/m1/s1. The van der Waals surface area contributed by atoms with Crippen molar-refractivity contribution in [2.45, 2.75) is 22.7 Å². The molecule has 3 aliphatic rings. The number of thiocarbonyl (C=S) groups is 1. The summed E-state index contributed by atoms with van der Waals surface area (Å²) >= 11 is 7.08. The molecule has 194 valence electrons. The van der Waals surface area contributed by atoms with Gasteiger partial charge in [0.2, 0.25) is 5.91 Å². The number of fused-ring (bicyclic) bond motifs is 3. The van der Waals surface area contributed by atoms with E-state index in [0.29, 0.717) is 27.9 Å². The summed E-state index contributed by atoms with van der Waals surface area (Å²) in [5.74, 6) is -0.722. The van der Waals surface area contributed by atoms with Crippen LogP contribution in [0.15, 0.2) is 67.0 Å². The van der Waals surface area contributed by atoms with Crippen LogP contribution < -0.4 is 9.64 Å². The van der Waals surface area contributed by atoms with E-state index >= 15 is 0 Å². The van der Waals surface area contributed by atoms with Crippen molar-refractivity contribution in [3.63, 3.8) is 0 Å². The van der Waals surface area contributed by atoms with Gasteiger partial charge in [0.1, 0.15) is 20.6 Å². The van der Waals surface area contributed by atoms with Crippen LogP contribution in [0.2, 0.25) is 0 Å². The molecule has 3 atom stereocenters. The van der Waals surface area contributed by atoms with Gasteiger partial charge in [-0.25, -0.2) is 4.39 Å². The summed E-state index contributed by atoms with van der Waals surface area (Å²) in [5, 5.41) is 0. The minimum atomic E-state index is -1.46. The first kappa shape index (κ1) is 25.0. The molecule has 3 aliphatic heterocycles. The number of thioether (sulfide) groups is 1. The van der Waals surface area contributed by atoms with E-state index in [4.69, 9.17) is 17.0 Å². The number of carbonyl (C=O) groups excluding carboxylic acids is 2. The van der Waals surface area contributed by atoms with Crippen LogP contribution in [-0.2, 0) is 21.7 Å². The number of likely N-dealkylation sites (tertiary alicyclic amines) is 1. The van der Waals surface area contributed by atoms with Crippen molar-refractivity contribution in [1.82, 2.24) is 14.8 Å². The molecule has 2 spiro atoms. The van der Waals surface area contributed by atoms with Crippen LogP contribution in [0.4, 0.5) is 10.1 Å². The predicted molar refractivity (Wildman–Crippen MR) is 148 cm³/mol. The summed E-state index contributed by atoms with van der Waals surface area (Å²) in [6, 6.07) is 15.5. The number of amides is 2. The zero-order chi connectivity index (χ0) is 26.8. The quantitative estimate of drug-likeness (QED) is 0.458. The van der Waals surface area contributed by atoms with E-state index in [0.717, 1.165) is 11.1 Å². The Morgan fingerprint density at radius 3 is 2.58 bits per heavy atom. The first-order valence-electron chi connectivity index (χ1n) is 12.1. The Morgan fingerprint density at radius 1 is 1.13 bits per heavy atom. The normalized spacial score (nSPS) is 26.7. The summed E-state index contributed by atoms with van der Waals surface area (Å²) in [7, 11) is 5.09. The van der Waals surface area contributed by atoms with Crippen LogP contribution in [0.5, 0.6) is 5.75 Å². The lowest BCUT2D eigenvalue weighted by Crippen LogP contribution is -2.62. The summed E-state index contributed by atoms with van der Waals surface area (Å²) in [6.07, 6.45) is 3.41. The minimum absolute atomic E-state index is 0.246. The Kier molecular flexibility index (Phi) is 5.82. The number of anilines is 1. The number of pyridine rings is 1. The highest BCUT2D eigenvalue weighted by Gasteiger charge is 2.78. The van der Waals surface area contributed by atoms with Gasteiger partial charge in [-0.2, -0.15) is 0 Å². The second-order valence-corrected chi connectivity index (χ2v) is 11.7. The third kappa shape index (κ3) is 3.17. The molecule has 0 bridgehead atoms. The van der Waals surface area contributed by atoms with E-state index in [9.17, 15) is 14.0 Å². The SMILES string of the molecule is COc1ccc(CN2C(=O)[C@@]3(SC2=S)[C@@H](c2cccnc2)CN(C)[C@]32C(=O)N(C)c3ccc(F)cc32)cc1. The lowest BCUT2D eigenvalue weighted by Gasteiger charge is -2.42. The summed E-state index contributed by atoms with van der Waals surface area (Å²) in [6.45, 7) is 0.634. The predicted octanol–water partition coefficient (Wildman–Crippen LogP) is 3.93. The highest BCUT2D eigenvalue weighted by molar-refractivity contribution is 8.25. The molecule has 1 aromatic heterocycles. The summed E-state index contributed by atoms with van der Waals surface area (Å²) < 4.78 is 19.1. The molecule has 2 saturated heterocycles. The van der Waals surface area contributed by atoms with Gasteiger partial charge in [-0.1, -0.05) is 42.2 Å². The van der Waals surface area contributed by atoms with Crippen LogP contribution in [0.1, 0.15) is 22.6 Å². The van der Waals surface area contributed by atoms with Crippen molar-refractivity contribution in [3.05, 3.63) is 89.5 Å². The first-order chi connectivity index (χ1) is 18.3.